The van der Waals surface area contributed by atoms with Gasteiger partial charge in [-0.25, -0.2) is 9.97 Å². The summed E-state index contributed by atoms with van der Waals surface area (Å²) in [7, 11) is 0. The molecule has 1 saturated carbocycles. The molecule has 3 aliphatic rings. The largest absolute Gasteiger partial charge is 0.491 e. The number of rotatable bonds is 7. The van der Waals surface area contributed by atoms with Crippen LogP contribution in [0, 0.1) is 5.92 Å². The third-order valence-corrected chi connectivity index (χ3v) is 8.16. The number of hydrogen-bond donors (Lipinski definition) is 1. The molecule has 2 saturated heterocycles. The first kappa shape index (κ1) is 22.2. The monoisotopic (exact) mass is 473 g/mol. The molecule has 9 nitrogen and oxygen atoms in total. The van der Waals surface area contributed by atoms with Crippen molar-refractivity contribution in [3.63, 3.8) is 0 Å². The first-order valence-electron chi connectivity index (χ1n) is 12.7. The highest BCUT2D eigenvalue weighted by atomic mass is 16.6. The minimum Gasteiger partial charge on any atom is -0.491 e. The summed E-state index contributed by atoms with van der Waals surface area (Å²) in [6.45, 7) is 1.18. The molecule has 3 fully saturated rings. The van der Waals surface area contributed by atoms with Gasteiger partial charge in [0.1, 0.15) is 35.7 Å². The van der Waals surface area contributed by atoms with E-state index < -0.39 is 0 Å². The third-order valence-electron chi connectivity index (χ3n) is 8.16. The van der Waals surface area contributed by atoms with E-state index in [2.05, 4.69) is 42.9 Å². The number of hydrogen-bond acceptors (Lipinski definition) is 6. The molecule has 182 valence electrons. The summed E-state index contributed by atoms with van der Waals surface area (Å²) in [6.07, 6.45) is 12.7. The number of ether oxygens (including phenoxy) is 2. The quantitative estimate of drug-likeness (QED) is 0.263. The predicted molar refractivity (Wildman–Crippen MR) is 134 cm³/mol. The summed E-state index contributed by atoms with van der Waals surface area (Å²) in [4.78, 5) is 11.8. The van der Waals surface area contributed by atoms with Crippen LogP contribution < -0.4 is 10.5 Å². The second-order valence-electron chi connectivity index (χ2n) is 10.3. The molecule has 0 atom stereocenters. The van der Waals surface area contributed by atoms with Gasteiger partial charge in [-0.05, 0) is 80.5 Å². The van der Waals surface area contributed by atoms with Crippen molar-refractivity contribution >= 4 is 16.9 Å². The highest BCUT2D eigenvalue weighted by molar-refractivity contribution is 6.00. The summed E-state index contributed by atoms with van der Waals surface area (Å²) >= 11 is 0. The lowest BCUT2D eigenvalue weighted by molar-refractivity contribution is -0.0198. The van der Waals surface area contributed by atoms with Crippen LogP contribution in [-0.2, 0) is 4.74 Å². The zero-order valence-electron chi connectivity index (χ0n) is 19.8. The van der Waals surface area contributed by atoms with Crippen LogP contribution in [0.3, 0.4) is 0 Å². The molecule has 2 bridgehead atoms. The van der Waals surface area contributed by atoms with Crippen molar-refractivity contribution in [1.29, 1.82) is 0 Å². The van der Waals surface area contributed by atoms with Crippen molar-refractivity contribution in [2.24, 2.45) is 11.0 Å². The Morgan fingerprint density at radius 1 is 1.17 bits per heavy atom. The number of fused-ring (bicyclic) bond motifs is 3. The zero-order valence-corrected chi connectivity index (χ0v) is 19.8. The number of anilines is 1. The lowest BCUT2D eigenvalue weighted by Crippen LogP contribution is -2.32. The zero-order chi connectivity index (χ0) is 23.8. The molecule has 3 aromatic rings. The Kier molecular flexibility index (Phi) is 5.74. The molecule has 0 amide bonds. The fraction of sp³-hybridized carbons (Fsp3) is 0.538. The van der Waals surface area contributed by atoms with Crippen LogP contribution in [0.15, 0.2) is 41.9 Å². The molecular formula is C26H31N7O2. The maximum Gasteiger partial charge on any atom is 0.146 e. The normalized spacial score (nSPS) is 27.7. The third kappa shape index (κ3) is 4.19. The molecule has 0 spiro atoms. The molecule has 35 heavy (non-hydrogen) atoms. The first-order chi connectivity index (χ1) is 17.1. The summed E-state index contributed by atoms with van der Waals surface area (Å²) in [5.74, 6) is 1.78. The second kappa shape index (κ2) is 9.06. The Bertz CT molecular complexity index is 1270. The predicted octanol–water partition coefficient (Wildman–Crippen LogP) is 5.81. The van der Waals surface area contributed by atoms with Crippen LogP contribution in [0.25, 0.3) is 32.6 Å². The van der Waals surface area contributed by atoms with E-state index in [1.165, 1.54) is 0 Å². The fourth-order valence-corrected chi connectivity index (χ4v) is 6.22. The average Bonchev–Trinajstić information content (AvgIpc) is 3.61. The smallest absolute Gasteiger partial charge is 0.146 e. The summed E-state index contributed by atoms with van der Waals surface area (Å²) < 4.78 is 14.7. The minimum atomic E-state index is -0.105. The van der Waals surface area contributed by atoms with E-state index in [0.29, 0.717) is 37.0 Å². The number of nitrogen functional groups attached to an aromatic ring is 1. The van der Waals surface area contributed by atoms with Gasteiger partial charge in [0.25, 0.3) is 0 Å². The second-order valence-corrected chi connectivity index (χ2v) is 10.3. The average molecular weight is 474 g/mol. The number of nitrogens with two attached hydrogens (primary N) is 1. The summed E-state index contributed by atoms with van der Waals surface area (Å²) in [5, 5.41) is 4.66. The van der Waals surface area contributed by atoms with Crippen molar-refractivity contribution in [1.82, 2.24) is 14.5 Å². The van der Waals surface area contributed by atoms with Crippen LogP contribution in [0.1, 0.15) is 57.4 Å². The van der Waals surface area contributed by atoms with Crippen molar-refractivity contribution in [3.8, 4) is 16.9 Å². The van der Waals surface area contributed by atoms with Crippen molar-refractivity contribution in [2.45, 2.75) is 69.1 Å². The van der Waals surface area contributed by atoms with Gasteiger partial charge in [0.15, 0.2) is 0 Å². The van der Waals surface area contributed by atoms with Gasteiger partial charge < -0.3 is 19.8 Å². The van der Waals surface area contributed by atoms with E-state index in [1.54, 1.807) is 6.33 Å². The van der Waals surface area contributed by atoms with Gasteiger partial charge in [0.05, 0.1) is 11.5 Å². The molecule has 0 unspecified atom stereocenters. The lowest BCUT2D eigenvalue weighted by atomic mass is 9.86. The van der Waals surface area contributed by atoms with Crippen LogP contribution in [0.5, 0.6) is 5.75 Å². The SMILES string of the molecule is [N-]=[N+]=NCC1CCC(n2cc(-c3cccc(OCC45CCC(CC4)O5)c3)c3c(N)ncnc32)CC1. The van der Waals surface area contributed by atoms with Crippen molar-refractivity contribution < 1.29 is 9.47 Å². The molecule has 2 aliphatic heterocycles. The van der Waals surface area contributed by atoms with Crippen molar-refractivity contribution in [2.75, 3.05) is 18.9 Å². The molecule has 9 heteroatoms. The summed E-state index contributed by atoms with van der Waals surface area (Å²) in [6, 6.07) is 8.53. The molecule has 2 N–H and O–H groups in total. The number of nitrogens with zero attached hydrogens (tertiary/aromatic N) is 6. The van der Waals surface area contributed by atoms with E-state index in [9.17, 15) is 0 Å². The fourth-order valence-electron chi connectivity index (χ4n) is 6.22. The molecule has 4 heterocycles. The van der Waals surface area contributed by atoms with E-state index in [4.69, 9.17) is 20.7 Å². The number of azide groups is 1. The first-order valence-corrected chi connectivity index (χ1v) is 12.7. The Balaban J connectivity index is 1.27. The van der Waals surface area contributed by atoms with Gasteiger partial charge in [0.2, 0.25) is 0 Å². The van der Waals surface area contributed by atoms with Crippen molar-refractivity contribution in [3.05, 3.63) is 47.2 Å². The summed E-state index contributed by atoms with van der Waals surface area (Å²) in [5.41, 5.74) is 17.8. The molecule has 1 aliphatic carbocycles. The Hall–Kier alpha value is -3.29. The highest BCUT2D eigenvalue weighted by Crippen LogP contribution is 2.44. The van der Waals surface area contributed by atoms with E-state index in [-0.39, 0.29) is 5.60 Å². The molecule has 6 rings (SSSR count). The van der Waals surface area contributed by atoms with Crippen LogP contribution in [-0.4, -0.2) is 39.4 Å². The maximum absolute atomic E-state index is 8.63. The van der Waals surface area contributed by atoms with Gasteiger partial charge >= 0.3 is 0 Å². The standard InChI is InChI=1S/C26H31N7O2/c27-24-23-22(18-2-1-3-21(12-18)34-15-26-10-8-20(35-26)9-11-26)14-33(25(23)30-16-29-24)19-6-4-17(5-7-19)13-31-32-28/h1-3,12,14,16-17,19-20H,4-11,13,15H2,(H2,27,29,30). The Morgan fingerprint density at radius 2 is 2.00 bits per heavy atom. The van der Waals surface area contributed by atoms with Gasteiger partial charge in [-0.3, -0.25) is 0 Å². The Morgan fingerprint density at radius 3 is 2.74 bits per heavy atom. The molecule has 0 radical (unpaired) electrons. The van der Waals surface area contributed by atoms with Crippen LogP contribution in [0.2, 0.25) is 0 Å². The van der Waals surface area contributed by atoms with E-state index >= 15 is 0 Å². The topological polar surface area (TPSA) is 124 Å². The maximum atomic E-state index is 8.63. The Labute approximate surface area is 204 Å². The minimum absolute atomic E-state index is 0.105. The van der Waals surface area contributed by atoms with Gasteiger partial charge in [-0.2, -0.15) is 0 Å². The molecule has 2 aromatic heterocycles. The van der Waals surface area contributed by atoms with Gasteiger partial charge in [-0.15, -0.1) is 0 Å². The van der Waals surface area contributed by atoms with Gasteiger partial charge in [-0.1, -0.05) is 17.2 Å². The van der Waals surface area contributed by atoms with E-state index in [1.807, 2.05) is 12.1 Å². The lowest BCUT2D eigenvalue weighted by Gasteiger charge is -2.29. The van der Waals surface area contributed by atoms with Crippen LogP contribution >= 0.6 is 0 Å². The van der Waals surface area contributed by atoms with E-state index in [0.717, 1.165) is 79.3 Å². The van der Waals surface area contributed by atoms with Gasteiger partial charge in [0, 0.05) is 29.3 Å². The number of benzene rings is 1. The van der Waals surface area contributed by atoms with Crippen LogP contribution in [0.4, 0.5) is 5.82 Å². The molecular weight excluding hydrogens is 442 g/mol. The number of aromatic nitrogens is 3. The molecule has 1 aromatic carbocycles. The highest BCUT2D eigenvalue weighted by Gasteiger charge is 2.46.